The molecule has 0 saturated heterocycles. The molecular formula is C73H78BN3. The highest BCUT2D eigenvalue weighted by Gasteiger charge is 2.59. The molecular weight excluding hydrogens is 930 g/mol. The number of anilines is 8. The molecule has 1 saturated carbocycles. The second kappa shape index (κ2) is 16.6. The molecule has 3 nitrogen and oxygen atoms in total. The molecule has 0 amide bonds. The van der Waals surface area contributed by atoms with Crippen LogP contribution in [0.3, 0.4) is 0 Å². The van der Waals surface area contributed by atoms with E-state index in [2.05, 4.69) is 281 Å². The average molecular weight is 1010 g/mol. The van der Waals surface area contributed by atoms with Crippen molar-refractivity contribution >= 4 is 68.6 Å². The summed E-state index contributed by atoms with van der Waals surface area (Å²) in [6.45, 7) is 33.6. The van der Waals surface area contributed by atoms with E-state index in [9.17, 15) is 0 Å². The zero-order chi connectivity index (χ0) is 54.0. The second-order valence-electron chi connectivity index (χ2n) is 28.2. The Labute approximate surface area is 461 Å². The highest BCUT2D eigenvalue weighted by molar-refractivity contribution is 7.01. The molecule has 4 aliphatic heterocycles. The van der Waals surface area contributed by atoms with Gasteiger partial charge in [-0.15, -0.1) is 0 Å². The molecule has 1 aliphatic carbocycles. The van der Waals surface area contributed by atoms with Crippen LogP contribution < -0.4 is 31.1 Å². The SMILES string of the molecule is CC(C)(C)c1ccc(N2c3cc(N4c5ccccc5C5(C)CCCCC45C)cc4c3B3c5c(cccc5C(c5ccccc5)(c5ccccc5)c5cc(C(C)(C)C)cc2c53)N4c2cc(C(C)(C)C)cc(C(C)(C)C)c2)cc1. The van der Waals surface area contributed by atoms with Crippen LogP contribution in [-0.4, -0.2) is 12.3 Å². The van der Waals surface area contributed by atoms with Crippen LogP contribution in [-0.2, 0) is 32.5 Å². The molecule has 13 rings (SSSR count). The van der Waals surface area contributed by atoms with Crippen molar-refractivity contribution in [3.63, 3.8) is 0 Å². The first kappa shape index (κ1) is 49.8. The number of rotatable bonds is 5. The summed E-state index contributed by atoms with van der Waals surface area (Å²) in [5, 5.41) is 0. The van der Waals surface area contributed by atoms with Crippen molar-refractivity contribution in [1.29, 1.82) is 0 Å². The standard InChI is InChI=1S/C73H78BN3/c1-67(2,3)47-34-36-53(37-35-47)75-61-44-52(70(10,11)12)43-58-65(61)74-64-57(73(58,48-26-17-15-18-27-48)49-28-19-16-20-29-49)31-25-33-60(64)76(54-41-50(68(4,5)6)40-51(42-54)69(7,8)9)63-46-55(45-62(75)66(63)74)77-59-32-22-21-30-56(59)71(13)38-23-24-39-72(71,77)14/h15-22,25-37,40-46H,23-24,38-39H2,1-14H3. The van der Waals surface area contributed by atoms with E-state index in [4.69, 9.17) is 0 Å². The van der Waals surface area contributed by atoms with Gasteiger partial charge in [-0.25, -0.2) is 0 Å². The highest BCUT2D eigenvalue weighted by atomic mass is 15.3. The number of benzene rings is 8. The lowest BCUT2D eigenvalue weighted by Crippen LogP contribution is -2.68. The zero-order valence-corrected chi connectivity index (χ0v) is 48.4. The fourth-order valence-corrected chi connectivity index (χ4v) is 15.0. The summed E-state index contributed by atoms with van der Waals surface area (Å²) in [5.41, 5.74) is 25.3. The first-order valence-corrected chi connectivity index (χ1v) is 28.8. The predicted molar refractivity (Wildman–Crippen MR) is 330 cm³/mol. The fraction of sp³-hybridized carbons (Fsp3) is 0.342. The minimum atomic E-state index is -0.652. The van der Waals surface area contributed by atoms with E-state index in [-0.39, 0.29) is 39.3 Å². The Balaban J connectivity index is 1.24. The van der Waals surface area contributed by atoms with Crippen LogP contribution >= 0.6 is 0 Å². The third-order valence-electron chi connectivity index (χ3n) is 19.4. The van der Waals surface area contributed by atoms with E-state index in [1.54, 1.807) is 0 Å². The molecule has 77 heavy (non-hydrogen) atoms. The van der Waals surface area contributed by atoms with Crippen molar-refractivity contribution in [3.8, 4) is 0 Å². The average Bonchev–Trinajstić information content (AvgIpc) is 3.26. The van der Waals surface area contributed by atoms with Crippen LogP contribution in [0.1, 0.15) is 173 Å². The smallest absolute Gasteiger partial charge is 0.253 e. The monoisotopic (exact) mass is 1010 g/mol. The van der Waals surface area contributed by atoms with Crippen molar-refractivity contribution in [1.82, 2.24) is 0 Å². The molecule has 2 unspecified atom stereocenters. The Morgan fingerprint density at radius 3 is 1.43 bits per heavy atom. The molecule has 0 aromatic heterocycles. The molecule has 0 spiro atoms. The maximum Gasteiger partial charge on any atom is 0.253 e. The Morgan fingerprint density at radius 2 is 0.844 bits per heavy atom. The minimum absolute atomic E-state index is 0.000237. The molecule has 0 N–H and O–H groups in total. The number of fused-ring (bicyclic) bond motifs is 3. The van der Waals surface area contributed by atoms with Crippen molar-refractivity contribution in [3.05, 3.63) is 220 Å². The molecule has 1 fully saturated rings. The predicted octanol–water partition coefficient (Wildman–Crippen LogP) is 17.4. The molecule has 8 aromatic rings. The van der Waals surface area contributed by atoms with Gasteiger partial charge in [0.05, 0.1) is 11.0 Å². The lowest BCUT2D eigenvalue weighted by atomic mass is 9.28. The molecule has 8 aromatic carbocycles. The summed E-state index contributed by atoms with van der Waals surface area (Å²) in [6, 6.07) is 67.5. The molecule has 2 atom stereocenters. The van der Waals surface area contributed by atoms with Gasteiger partial charge < -0.3 is 14.7 Å². The maximum absolute atomic E-state index is 2.82. The van der Waals surface area contributed by atoms with E-state index in [0.717, 1.165) is 6.42 Å². The number of hydrogen-bond donors (Lipinski definition) is 0. The third-order valence-corrected chi connectivity index (χ3v) is 19.4. The van der Waals surface area contributed by atoms with E-state index in [1.807, 2.05) is 0 Å². The molecule has 0 radical (unpaired) electrons. The van der Waals surface area contributed by atoms with Gasteiger partial charge in [0.15, 0.2) is 0 Å². The normalized spacial score (nSPS) is 20.0. The van der Waals surface area contributed by atoms with Crippen LogP contribution in [0.2, 0.25) is 0 Å². The van der Waals surface area contributed by atoms with Gasteiger partial charge in [0.1, 0.15) is 0 Å². The summed E-state index contributed by atoms with van der Waals surface area (Å²) in [6.07, 6.45) is 4.78. The summed E-state index contributed by atoms with van der Waals surface area (Å²) in [7, 11) is 0. The molecule has 0 bridgehead atoms. The summed E-state index contributed by atoms with van der Waals surface area (Å²) in [5.74, 6) is 0. The first-order valence-electron chi connectivity index (χ1n) is 28.8. The van der Waals surface area contributed by atoms with E-state index < -0.39 is 5.41 Å². The Bertz CT molecular complexity index is 3600. The lowest BCUT2D eigenvalue weighted by molar-refractivity contribution is 0.195. The van der Waals surface area contributed by atoms with Crippen LogP contribution in [0.15, 0.2) is 170 Å². The van der Waals surface area contributed by atoms with Crippen molar-refractivity contribution in [2.45, 2.75) is 161 Å². The van der Waals surface area contributed by atoms with Gasteiger partial charge >= 0.3 is 0 Å². The van der Waals surface area contributed by atoms with Crippen molar-refractivity contribution < 1.29 is 0 Å². The number of para-hydroxylation sites is 1. The Kier molecular flexibility index (Phi) is 10.7. The van der Waals surface area contributed by atoms with Crippen molar-refractivity contribution in [2.75, 3.05) is 14.7 Å². The van der Waals surface area contributed by atoms with Gasteiger partial charge in [0.25, 0.3) is 6.71 Å². The molecule has 4 heterocycles. The highest BCUT2D eigenvalue weighted by Crippen LogP contribution is 2.62. The topological polar surface area (TPSA) is 9.72 Å². The van der Waals surface area contributed by atoms with Crippen LogP contribution in [0.25, 0.3) is 0 Å². The molecule has 5 aliphatic rings. The summed E-state index contributed by atoms with van der Waals surface area (Å²) >= 11 is 0. The van der Waals surface area contributed by atoms with E-state index in [1.165, 1.54) is 131 Å². The quantitative estimate of drug-likeness (QED) is 0.159. The largest absolute Gasteiger partial charge is 0.334 e. The summed E-state index contributed by atoms with van der Waals surface area (Å²) in [4.78, 5) is 8.26. The van der Waals surface area contributed by atoms with E-state index in [0.29, 0.717) is 0 Å². The number of nitrogens with zero attached hydrogens (tertiary/aromatic N) is 3. The van der Waals surface area contributed by atoms with Crippen LogP contribution in [0, 0.1) is 0 Å². The van der Waals surface area contributed by atoms with E-state index >= 15 is 0 Å². The first-order chi connectivity index (χ1) is 36.5. The molecule has 388 valence electrons. The van der Waals surface area contributed by atoms with Gasteiger partial charge in [-0.1, -0.05) is 218 Å². The third kappa shape index (κ3) is 7.08. The van der Waals surface area contributed by atoms with Crippen LogP contribution in [0.4, 0.5) is 45.5 Å². The summed E-state index contributed by atoms with van der Waals surface area (Å²) < 4.78 is 0. The second-order valence-corrected chi connectivity index (χ2v) is 28.2. The van der Waals surface area contributed by atoms with Gasteiger partial charge in [0, 0.05) is 50.9 Å². The lowest BCUT2D eigenvalue weighted by Gasteiger charge is -2.53. The van der Waals surface area contributed by atoms with Gasteiger partial charge in [0.2, 0.25) is 0 Å². The minimum Gasteiger partial charge on any atom is -0.334 e. The Hall–Kier alpha value is -6.78. The Morgan fingerprint density at radius 1 is 0.364 bits per heavy atom. The fourth-order valence-electron chi connectivity index (χ4n) is 15.0. The maximum atomic E-state index is 2.82. The van der Waals surface area contributed by atoms with Gasteiger partial charge in [-0.3, -0.25) is 0 Å². The van der Waals surface area contributed by atoms with Gasteiger partial charge in [-0.05, 0) is 162 Å². The van der Waals surface area contributed by atoms with Crippen LogP contribution in [0.5, 0.6) is 0 Å². The van der Waals surface area contributed by atoms with Crippen molar-refractivity contribution in [2.24, 2.45) is 0 Å². The van der Waals surface area contributed by atoms with Gasteiger partial charge in [-0.2, -0.15) is 0 Å². The number of hydrogen-bond acceptors (Lipinski definition) is 3. The molecule has 4 heteroatoms. The zero-order valence-electron chi connectivity index (χ0n) is 48.4.